The fourth-order valence-electron chi connectivity index (χ4n) is 2.27. The van der Waals surface area contributed by atoms with E-state index in [4.69, 9.17) is 12.2 Å². The summed E-state index contributed by atoms with van der Waals surface area (Å²) in [6.07, 6.45) is 4.51. The van der Waals surface area contributed by atoms with Crippen molar-refractivity contribution in [2.75, 3.05) is 6.54 Å². The molecule has 0 bridgehead atoms. The van der Waals surface area contributed by atoms with Crippen LogP contribution in [0.1, 0.15) is 37.3 Å². The van der Waals surface area contributed by atoms with Crippen LogP contribution in [0.4, 0.5) is 0 Å². The van der Waals surface area contributed by atoms with E-state index in [0.29, 0.717) is 11.7 Å². The van der Waals surface area contributed by atoms with Gasteiger partial charge >= 0.3 is 0 Å². The lowest BCUT2D eigenvalue weighted by molar-refractivity contribution is 0.773. The van der Waals surface area contributed by atoms with Gasteiger partial charge in [-0.15, -0.1) is 0 Å². The molecule has 0 aliphatic heterocycles. The first-order valence-electron chi connectivity index (χ1n) is 7.00. The summed E-state index contributed by atoms with van der Waals surface area (Å²) in [5.74, 6) is 0. The van der Waals surface area contributed by atoms with E-state index in [2.05, 4.69) is 46.7 Å². The van der Waals surface area contributed by atoms with Gasteiger partial charge in [-0.1, -0.05) is 36.4 Å². The van der Waals surface area contributed by atoms with Crippen LogP contribution in [0, 0.1) is 0 Å². The maximum absolute atomic E-state index is 5.20. The van der Waals surface area contributed by atoms with Gasteiger partial charge in [-0.3, -0.25) is 5.43 Å². The monoisotopic (exact) mass is 287 g/mol. The summed E-state index contributed by atoms with van der Waals surface area (Å²) < 4.78 is 0. The smallest absolute Gasteiger partial charge is 0.187 e. The van der Waals surface area contributed by atoms with Crippen LogP contribution in [0.2, 0.25) is 0 Å². The lowest BCUT2D eigenvalue weighted by atomic mass is 10.0. The number of nitrogens with one attached hydrogen (secondary N) is 2. The van der Waals surface area contributed by atoms with Crippen molar-refractivity contribution in [3.63, 3.8) is 0 Å². The number of rotatable bonds is 3. The Morgan fingerprint density at radius 1 is 1.30 bits per heavy atom. The molecule has 0 atom stereocenters. The first kappa shape index (κ1) is 14.7. The minimum atomic E-state index is 0.544. The topological polar surface area (TPSA) is 36.4 Å². The predicted molar refractivity (Wildman–Crippen MR) is 89.1 cm³/mol. The molecule has 1 aliphatic rings. The molecule has 0 heterocycles. The molecular weight excluding hydrogens is 266 g/mol. The summed E-state index contributed by atoms with van der Waals surface area (Å²) in [5, 5.41) is 8.11. The van der Waals surface area contributed by atoms with Gasteiger partial charge in [0, 0.05) is 12.1 Å². The van der Waals surface area contributed by atoms with Gasteiger partial charge in [-0.2, -0.15) is 5.10 Å². The van der Waals surface area contributed by atoms with Crippen molar-refractivity contribution >= 4 is 23.0 Å². The highest BCUT2D eigenvalue weighted by Gasteiger charge is 2.13. The van der Waals surface area contributed by atoms with Crippen LogP contribution in [0.5, 0.6) is 0 Å². The average Bonchev–Trinajstić information content (AvgIpc) is 2.65. The largest absolute Gasteiger partial charge is 0.358 e. The molecule has 1 aromatic carbocycles. The van der Waals surface area contributed by atoms with E-state index in [1.165, 1.54) is 24.0 Å². The maximum Gasteiger partial charge on any atom is 0.187 e. The number of fused-ring (bicyclic) bond motifs is 1. The van der Waals surface area contributed by atoms with Crippen molar-refractivity contribution in [1.82, 2.24) is 10.7 Å². The van der Waals surface area contributed by atoms with Crippen LogP contribution >= 0.6 is 12.2 Å². The normalized spacial score (nSPS) is 16.1. The molecule has 3 nitrogen and oxygen atoms in total. The highest BCUT2D eigenvalue weighted by molar-refractivity contribution is 7.80. The number of hydrogen-bond acceptors (Lipinski definition) is 2. The Balaban J connectivity index is 2.06. The molecule has 106 valence electrons. The molecule has 20 heavy (non-hydrogen) atoms. The third-order valence-corrected chi connectivity index (χ3v) is 3.52. The molecule has 2 N–H and O–H groups in total. The second-order valence-corrected chi connectivity index (χ2v) is 5.58. The van der Waals surface area contributed by atoms with E-state index in [1.54, 1.807) is 0 Å². The Bertz CT molecular complexity index is 534. The minimum Gasteiger partial charge on any atom is -0.358 e. The molecule has 0 fully saturated rings. The number of thiocarbonyl (C=S) groups is 1. The predicted octanol–water partition coefficient (Wildman–Crippen LogP) is 3.16. The number of benzene rings is 1. The van der Waals surface area contributed by atoms with Crippen molar-refractivity contribution < 1.29 is 0 Å². The molecule has 1 aliphatic carbocycles. The van der Waals surface area contributed by atoms with E-state index in [-0.39, 0.29) is 0 Å². The second-order valence-electron chi connectivity index (χ2n) is 5.17. The third kappa shape index (κ3) is 4.17. The van der Waals surface area contributed by atoms with Crippen molar-refractivity contribution in [1.29, 1.82) is 0 Å². The number of hydrogen-bond donors (Lipinski definition) is 2. The fourth-order valence-corrected chi connectivity index (χ4v) is 2.39. The highest BCUT2D eigenvalue weighted by Crippen LogP contribution is 2.20. The maximum atomic E-state index is 5.20. The Kier molecular flexibility index (Phi) is 5.30. The van der Waals surface area contributed by atoms with Crippen LogP contribution in [-0.2, 0) is 6.42 Å². The number of aryl methyl sites for hydroxylation is 1. The van der Waals surface area contributed by atoms with Crippen LogP contribution in [0.15, 0.2) is 41.5 Å². The SMILES string of the molecule is C=C(C)CNC(=S)NN=C1CCCCc2ccccc21. The van der Waals surface area contributed by atoms with Crippen molar-refractivity contribution in [3.05, 3.63) is 47.5 Å². The highest BCUT2D eigenvalue weighted by atomic mass is 32.1. The summed E-state index contributed by atoms with van der Waals surface area (Å²) in [4.78, 5) is 0. The average molecular weight is 287 g/mol. The van der Waals surface area contributed by atoms with Crippen LogP contribution in [0.3, 0.4) is 0 Å². The van der Waals surface area contributed by atoms with E-state index < -0.39 is 0 Å². The fraction of sp³-hybridized carbons (Fsp3) is 0.375. The Morgan fingerprint density at radius 3 is 2.85 bits per heavy atom. The quantitative estimate of drug-likeness (QED) is 0.388. The summed E-state index contributed by atoms with van der Waals surface area (Å²) in [5.41, 5.74) is 7.71. The second kappa shape index (κ2) is 7.20. The summed E-state index contributed by atoms with van der Waals surface area (Å²) >= 11 is 5.20. The first-order chi connectivity index (χ1) is 9.66. The lowest BCUT2D eigenvalue weighted by Gasteiger charge is -2.10. The molecule has 0 saturated carbocycles. The van der Waals surface area contributed by atoms with Gasteiger partial charge in [0.2, 0.25) is 0 Å². The van der Waals surface area contributed by atoms with E-state index in [0.717, 1.165) is 24.1 Å². The molecule has 4 heteroatoms. The van der Waals surface area contributed by atoms with Crippen molar-refractivity contribution in [3.8, 4) is 0 Å². The van der Waals surface area contributed by atoms with Gasteiger partial charge in [0.1, 0.15) is 0 Å². The van der Waals surface area contributed by atoms with E-state index in [1.807, 2.05) is 6.92 Å². The molecule has 1 aromatic rings. The Morgan fingerprint density at radius 2 is 2.05 bits per heavy atom. The number of hydrazone groups is 1. The van der Waals surface area contributed by atoms with E-state index >= 15 is 0 Å². The zero-order chi connectivity index (χ0) is 14.4. The zero-order valence-corrected chi connectivity index (χ0v) is 12.7. The number of nitrogens with zero attached hydrogens (tertiary/aromatic N) is 1. The molecule has 0 spiro atoms. The Labute approximate surface area is 126 Å². The molecule has 0 saturated heterocycles. The van der Waals surface area contributed by atoms with Gasteiger partial charge in [0.05, 0.1) is 5.71 Å². The summed E-state index contributed by atoms with van der Waals surface area (Å²) in [6.45, 7) is 6.47. The van der Waals surface area contributed by atoms with Crippen LogP contribution in [0.25, 0.3) is 0 Å². The Hall–Kier alpha value is -1.68. The third-order valence-electron chi connectivity index (χ3n) is 3.28. The molecule has 0 amide bonds. The van der Waals surface area contributed by atoms with Gasteiger partial charge in [0.25, 0.3) is 0 Å². The van der Waals surface area contributed by atoms with Gasteiger partial charge in [-0.05, 0) is 50.4 Å². The lowest BCUT2D eigenvalue weighted by Crippen LogP contribution is -2.33. The van der Waals surface area contributed by atoms with Crippen LogP contribution < -0.4 is 10.7 Å². The van der Waals surface area contributed by atoms with Gasteiger partial charge in [0.15, 0.2) is 5.11 Å². The van der Waals surface area contributed by atoms with Crippen molar-refractivity contribution in [2.45, 2.75) is 32.6 Å². The molecule has 2 rings (SSSR count). The summed E-state index contributed by atoms with van der Waals surface area (Å²) in [6, 6.07) is 8.49. The van der Waals surface area contributed by atoms with Crippen LogP contribution in [-0.4, -0.2) is 17.4 Å². The van der Waals surface area contributed by atoms with Gasteiger partial charge in [-0.25, -0.2) is 0 Å². The zero-order valence-electron chi connectivity index (χ0n) is 11.9. The summed E-state index contributed by atoms with van der Waals surface area (Å²) in [7, 11) is 0. The van der Waals surface area contributed by atoms with E-state index in [9.17, 15) is 0 Å². The standard InChI is InChI=1S/C16H21N3S/c1-12(2)11-17-16(20)19-18-15-10-6-4-8-13-7-3-5-9-14(13)15/h3,5,7,9H,1,4,6,8,10-11H2,2H3,(H2,17,19,20). The van der Waals surface area contributed by atoms with Crippen molar-refractivity contribution in [2.24, 2.45) is 5.10 Å². The van der Waals surface area contributed by atoms with Gasteiger partial charge < -0.3 is 5.32 Å². The molecule has 0 unspecified atom stereocenters. The molecule has 0 radical (unpaired) electrons. The minimum absolute atomic E-state index is 0.544. The first-order valence-corrected chi connectivity index (χ1v) is 7.40. The molecule has 0 aromatic heterocycles. The molecular formula is C16H21N3S.